The minimum Gasteiger partial charge on any atom is -0.337 e. The molecule has 1 heterocycles. The molecule has 6 nitrogen and oxygen atoms in total. The molecule has 0 aromatic heterocycles. The van der Waals surface area contributed by atoms with E-state index in [1.807, 2.05) is 11.9 Å². The van der Waals surface area contributed by atoms with Gasteiger partial charge in [0.1, 0.15) is 5.56 Å². The van der Waals surface area contributed by atoms with Crippen molar-refractivity contribution in [1.82, 2.24) is 9.80 Å². The third kappa shape index (κ3) is 3.33. The third-order valence-corrected chi connectivity index (χ3v) is 3.47. The number of nitro groups is 1. The molecule has 1 amide bonds. The summed E-state index contributed by atoms with van der Waals surface area (Å²) in [7, 11) is 1.91. The monoisotopic (exact) mass is 299 g/mol. The third-order valence-electron chi connectivity index (χ3n) is 3.47. The van der Waals surface area contributed by atoms with Crippen LogP contribution in [0.4, 0.5) is 14.5 Å². The van der Waals surface area contributed by atoms with Gasteiger partial charge in [-0.2, -0.15) is 0 Å². The number of nitro benzene ring substituents is 1. The van der Waals surface area contributed by atoms with Crippen LogP contribution in [-0.2, 0) is 0 Å². The van der Waals surface area contributed by atoms with E-state index in [2.05, 4.69) is 0 Å². The topological polar surface area (TPSA) is 66.7 Å². The Morgan fingerprint density at radius 3 is 2.52 bits per heavy atom. The Morgan fingerprint density at radius 1 is 1.19 bits per heavy atom. The van der Waals surface area contributed by atoms with Gasteiger partial charge in [-0.25, -0.2) is 8.78 Å². The van der Waals surface area contributed by atoms with Crippen molar-refractivity contribution in [2.75, 3.05) is 33.2 Å². The van der Waals surface area contributed by atoms with E-state index in [-0.39, 0.29) is 0 Å². The van der Waals surface area contributed by atoms with Crippen LogP contribution in [0.25, 0.3) is 0 Å². The zero-order valence-electron chi connectivity index (χ0n) is 11.5. The summed E-state index contributed by atoms with van der Waals surface area (Å²) in [4.78, 5) is 25.9. The highest BCUT2D eigenvalue weighted by Gasteiger charge is 2.28. The molecule has 1 aliphatic rings. The summed E-state index contributed by atoms with van der Waals surface area (Å²) in [6, 6.07) is 1.05. The molecule has 0 saturated carbocycles. The molecule has 1 aliphatic heterocycles. The first-order valence-electron chi connectivity index (χ1n) is 6.51. The van der Waals surface area contributed by atoms with Gasteiger partial charge in [0.05, 0.1) is 11.0 Å². The second kappa shape index (κ2) is 6.13. The van der Waals surface area contributed by atoms with E-state index in [0.29, 0.717) is 31.8 Å². The van der Waals surface area contributed by atoms with Gasteiger partial charge in [-0.3, -0.25) is 14.9 Å². The Balaban J connectivity index is 2.34. The number of halogens is 2. The average Bonchev–Trinajstić information content (AvgIpc) is 2.65. The van der Waals surface area contributed by atoms with Gasteiger partial charge in [0, 0.05) is 19.6 Å². The zero-order valence-corrected chi connectivity index (χ0v) is 11.5. The number of hydrogen-bond acceptors (Lipinski definition) is 4. The smallest absolute Gasteiger partial charge is 0.285 e. The van der Waals surface area contributed by atoms with E-state index in [9.17, 15) is 23.7 Å². The van der Waals surface area contributed by atoms with E-state index in [1.54, 1.807) is 0 Å². The molecular weight excluding hydrogens is 284 g/mol. The first kappa shape index (κ1) is 15.3. The highest BCUT2D eigenvalue weighted by molar-refractivity contribution is 5.98. The Kier molecular flexibility index (Phi) is 4.46. The van der Waals surface area contributed by atoms with Gasteiger partial charge in [-0.15, -0.1) is 0 Å². The van der Waals surface area contributed by atoms with Crippen molar-refractivity contribution in [3.05, 3.63) is 39.4 Å². The maximum absolute atomic E-state index is 13.3. The van der Waals surface area contributed by atoms with Crippen LogP contribution in [0.3, 0.4) is 0 Å². The minimum absolute atomic E-state index is 0.394. The van der Waals surface area contributed by atoms with Gasteiger partial charge in [0.25, 0.3) is 11.6 Å². The largest absolute Gasteiger partial charge is 0.337 e. The predicted molar refractivity (Wildman–Crippen MR) is 71.0 cm³/mol. The number of hydrogen-bond donors (Lipinski definition) is 0. The minimum atomic E-state index is -1.34. The number of likely N-dealkylation sites (N-methyl/N-ethyl adjacent to an activating group) is 1. The maximum Gasteiger partial charge on any atom is 0.285 e. The first-order chi connectivity index (χ1) is 9.90. The molecule has 114 valence electrons. The molecule has 0 bridgehead atoms. The Morgan fingerprint density at radius 2 is 1.86 bits per heavy atom. The summed E-state index contributed by atoms with van der Waals surface area (Å²) in [5.41, 5.74) is -1.13. The van der Waals surface area contributed by atoms with Gasteiger partial charge in [0.2, 0.25) is 0 Å². The summed E-state index contributed by atoms with van der Waals surface area (Å²) in [6.07, 6.45) is 0.722. The van der Waals surface area contributed by atoms with E-state index in [0.717, 1.165) is 13.0 Å². The summed E-state index contributed by atoms with van der Waals surface area (Å²) >= 11 is 0. The second-order valence-corrected chi connectivity index (χ2v) is 4.99. The Labute approximate surface area is 120 Å². The highest BCUT2D eigenvalue weighted by atomic mass is 19.2. The number of carbonyl (C=O) groups excluding carboxylic acids is 1. The van der Waals surface area contributed by atoms with Crippen molar-refractivity contribution in [3.63, 3.8) is 0 Å². The summed E-state index contributed by atoms with van der Waals surface area (Å²) in [6.45, 7) is 2.26. The van der Waals surface area contributed by atoms with Crippen LogP contribution in [-0.4, -0.2) is 53.9 Å². The normalized spacial score (nSPS) is 16.6. The van der Waals surface area contributed by atoms with Crippen LogP contribution in [0.2, 0.25) is 0 Å². The van der Waals surface area contributed by atoms with Crippen LogP contribution in [0.1, 0.15) is 16.8 Å². The summed E-state index contributed by atoms with van der Waals surface area (Å²) in [5, 5.41) is 10.9. The van der Waals surface area contributed by atoms with Crippen molar-refractivity contribution in [2.45, 2.75) is 6.42 Å². The molecule has 1 saturated heterocycles. The van der Waals surface area contributed by atoms with Crippen molar-refractivity contribution in [1.29, 1.82) is 0 Å². The molecule has 0 N–H and O–H groups in total. The van der Waals surface area contributed by atoms with Crippen LogP contribution in [0, 0.1) is 21.7 Å². The lowest BCUT2D eigenvalue weighted by atomic mass is 10.1. The van der Waals surface area contributed by atoms with E-state index >= 15 is 0 Å². The molecule has 1 aromatic carbocycles. The number of benzene rings is 1. The number of carbonyl (C=O) groups is 1. The molecule has 0 unspecified atom stereocenters. The molecule has 0 spiro atoms. The van der Waals surface area contributed by atoms with Crippen LogP contribution in [0.15, 0.2) is 12.1 Å². The van der Waals surface area contributed by atoms with Gasteiger partial charge >= 0.3 is 0 Å². The molecule has 0 radical (unpaired) electrons. The standard InChI is InChI=1S/C13H15F2N3O3/c1-16-3-2-4-17(6-5-16)13(19)9-7-10(14)11(15)8-12(9)18(20)21/h7-8H,2-6H2,1H3. The number of nitrogens with zero attached hydrogens (tertiary/aromatic N) is 3. The van der Waals surface area contributed by atoms with Gasteiger partial charge in [-0.1, -0.05) is 0 Å². The molecule has 2 rings (SSSR count). The quantitative estimate of drug-likeness (QED) is 0.615. The van der Waals surface area contributed by atoms with Crippen molar-refractivity contribution >= 4 is 11.6 Å². The number of rotatable bonds is 2. The van der Waals surface area contributed by atoms with Crippen LogP contribution < -0.4 is 0 Å². The second-order valence-electron chi connectivity index (χ2n) is 4.99. The van der Waals surface area contributed by atoms with Gasteiger partial charge in [-0.05, 0) is 26.1 Å². The van der Waals surface area contributed by atoms with Gasteiger partial charge in [0.15, 0.2) is 11.6 Å². The zero-order chi connectivity index (χ0) is 15.6. The fourth-order valence-electron chi connectivity index (χ4n) is 2.28. The lowest BCUT2D eigenvalue weighted by Crippen LogP contribution is -2.35. The van der Waals surface area contributed by atoms with Crippen LogP contribution >= 0.6 is 0 Å². The first-order valence-corrected chi connectivity index (χ1v) is 6.51. The predicted octanol–water partition coefficient (Wildman–Crippen LogP) is 1.65. The fraction of sp³-hybridized carbons (Fsp3) is 0.462. The summed E-state index contributed by atoms with van der Waals surface area (Å²) in [5.74, 6) is -3.25. The van der Waals surface area contributed by atoms with Crippen molar-refractivity contribution in [3.8, 4) is 0 Å². The molecule has 1 aromatic rings. The SMILES string of the molecule is CN1CCCN(C(=O)c2cc(F)c(F)cc2[N+](=O)[O-])CC1. The lowest BCUT2D eigenvalue weighted by Gasteiger charge is -2.20. The molecule has 0 aliphatic carbocycles. The molecule has 1 fully saturated rings. The molecule has 21 heavy (non-hydrogen) atoms. The average molecular weight is 299 g/mol. The lowest BCUT2D eigenvalue weighted by molar-refractivity contribution is -0.385. The highest BCUT2D eigenvalue weighted by Crippen LogP contribution is 2.24. The molecular formula is C13H15F2N3O3. The Bertz CT molecular complexity index is 580. The van der Waals surface area contributed by atoms with Crippen molar-refractivity contribution in [2.24, 2.45) is 0 Å². The van der Waals surface area contributed by atoms with E-state index in [1.165, 1.54) is 4.90 Å². The Hall–Kier alpha value is -2.09. The number of amides is 1. The maximum atomic E-state index is 13.3. The van der Waals surface area contributed by atoms with Crippen LogP contribution in [0.5, 0.6) is 0 Å². The molecule has 8 heteroatoms. The fourth-order valence-corrected chi connectivity index (χ4v) is 2.28. The van der Waals surface area contributed by atoms with E-state index in [4.69, 9.17) is 0 Å². The summed E-state index contributed by atoms with van der Waals surface area (Å²) < 4.78 is 26.4. The van der Waals surface area contributed by atoms with E-state index < -0.39 is 33.7 Å². The van der Waals surface area contributed by atoms with Crippen molar-refractivity contribution < 1.29 is 18.5 Å². The van der Waals surface area contributed by atoms with Gasteiger partial charge < -0.3 is 9.80 Å². The molecule has 0 atom stereocenters.